The molecular formula is C137H100N10. The second-order valence-electron chi connectivity index (χ2n) is 39.6. The van der Waals surface area contributed by atoms with Crippen molar-refractivity contribution >= 4 is 153 Å². The maximum atomic E-state index is 9.31. The molecule has 0 radical (unpaired) electrons. The lowest BCUT2D eigenvalue weighted by Crippen LogP contribution is -2.10. The van der Waals surface area contributed by atoms with Gasteiger partial charge in [0.15, 0.2) is 0 Å². The Morgan fingerprint density at radius 2 is 0.408 bits per heavy atom. The van der Waals surface area contributed by atoms with Crippen molar-refractivity contribution in [1.82, 2.24) is 46.9 Å². The molecule has 0 aliphatic carbocycles. The first-order chi connectivity index (χ1) is 78.4. The Hall–Kier alpha value is -18.8. The van der Waals surface area contributed by atoms with Crippen LogP contribution in [0, 0.1) is 0 Å². The number of fused-ring (bicyclic) bond motifs is 21. The fourth-order valence-electron chi connectivity index (χ4n) is 21.9. The van der Waals surface area contributed by atoms with E-state index in [2.05, 4.69) is 380 Å². The molecular weight excluding hydrogens is 1790 g/mol. The van der Waals surface area contributed by atoms with Gasteiger partial charge in [0.05, 0.1) is 115 Å². The molecule has 29 rings (SSSR count). The van der Waals surface area contributed by atoms with Crippen LogP contribution in [0.3, 0.4) is 0 Å². The first-order valence-corrected chi connectivity index (χ1v) is 49.4. The molecule has 0 spiro atoms. The first-order valence-electron chi connectivity index (χ1n) is 56.9. The van der Waals surface area contributed by atoms with Crippen molar-refractivity contribution in [2.45, 2.75) is 52.4 Å². The van der Waals surface area contributed by atoms with Crippen LogP contribution in [0.5, 0.6) is 0 Å². The summed E-state index contributed by atoms with van der Waals surface area (Å²) in [5.74, 6) is 0. The number of pyridine rings is 3. The van der Waals surface area contributed by atoms with E-state index in [1.165, 1.54) is 113 Å². The molecule has 10 aromatic heterocycles. The Bertz CT molecular complexity index is 10800. The lowest BCUT2D eigenvalue weighted by molar-refractivity contribution is 0.591. The molecule has 0 bridgehead atoms. The molecule has 10 nitrogen and oxygen atoms in total. The molecule has 10 heteroatoms. The van der Waals surface area contributed by atoms with Crippen molar-refractivity contribution in [3.8, 4) is 95.4 Å². The van der Waals surface area contributed by atoms with Crippen molar-refractivity contribution in [2.75, 3.05) is 0 Å². The van der Waals surface area contributed by atoms with Crippen LogP contribution in [-0.2, 0) is 10.8 Å². The highest BCUT2D eigenvalue weighted by molar-refractivity contribution is 6.17. The number of hydrogen-bond donors (Lipinski definition) is 0. The number of hydrogen-bond acceptors (Lipinski definition) is 3. The Morgan fingerprint density at radius 3 is 0.721 bits per heavy atom. The zero-order valence-electron chi connectivity index (χ0n) is 96.2. The number of nitrogens with zero attached hydrogens (tertiary/aromatic N) is 10. The predicted molar refractivity (Wildman–Crippen MR) is 618 cm³/mol. The van der Waals surface area contributed by atoms with Crippen molar-refractivity contribution in [1.29, 1.82) is 0 Å². The molecule has 0 aliphatic rings. The second-order valence-corrected chi connectivity index (χ2v) is 39.6. The van der Waals surface area contributed by atoms with Crippen LogP contribution < -0.4 is 0 Å². The summed E-state index contributed by atoms with van der Waals surface area (Å²) in [7, 11) is 0. The van der Waals surface area contributed by atoms with E-state index in [4.69, 9.17) is 17.8 Å². The summed E-state index contributed by atoms with van der Waals surface area (Å²) >= 11 is 0. The molecule has 29 aromatic rings. The van der Waals surface area contributed by atoms with Gasteiger partial charge in [-0.3, -0.25) is 15.0 Å². The van der Waals surface area contributed by atoms with Crippen LogP contribution in [0.25, 0.3) is 248 Å². The van der Waals surface area contributed by atoms with E-state index in [0.717, 1.165) is 83.5 Å². The van der Waals surface area contributed by atoms with Gasteiger partial charge in [-0.2, -0.15) is 0 Å². The molecule has 0 saturated carbocycles. The third-order valence-electron chi connectivity index (χ3n) is 28.9. The molecule has 19 aromatic carbocycles. The molecule has 0 aliphatic heterocycles. The molecule has 147 heavy (non-hydrogen) atoms. The Kier molecular flexibility index (Phi) is 17.3. The van der Waals surface area contributed by atoms with Gasteiger partial charge in [-0.15, -0.1) is 0 Å². The maximum Gasteiger partial charge on any atom is 0.0645 e. The summed E-state index contributed by atoms with van der Waals surface area (Å²) in [6.07, 6.45) is 11.2. The fourth-order valence-corrected chi connectivity index (χ4v) is 21.9. The summed E-state index contributed by atoms with van der Waals surface area (Å²) in [6, 6.07) is 125. The maximum absolute atomic E-state index is 9.31. The second kappa shape index (κ2) is 35.1. The van der Waals surface area contributed by atoms with Gasteiger partial charge in [0.1, 0.15) is 0 Å². The van der Waals surface area contributed by atoms with Crippen LogP contribution in [-0.4, -0.2) is 46.9 Å². The van der Waals surface area contributed by atoms with Crippen molar-refractivity contribution in [3.05, 3.63) is 509 Å². The standard InChI is InChI=1S/C57H36N6.2C40H32N2/c1-4-10-52-46(7-1)49-31-40(37-19-25-58-26-20-37)13-16-55(49)61(52)43-34-44(62-53-11-5-2-8-47(53)50-32-41(14-17-56(50)62)38-21-27-59-28-22-38)36-45(35-43)63-54-12-6-3-9-48(54)51-33-42(15-18-57(51)63)39-23-29-60-30-24-39;2*1-40(2,3)29-22-23-39-35(26-29)34-18-6-9-21-38(34)42(39)31-15-11-13-28(25-31)27-12-10-14-30(24-27)41-36-19-7-4-16-32(36)33-17-5-8-20-37(33)41/h1-36H;2*4-26H,1-3H3/i;4D,5D,6D,7D,8D,9D,16D,17D,18D,19D,20D,21D,22D,23D,26D;. The molecule has 0 saturated heterocycles. The minimum atomic E-state index is -0.734. The minimum absolute atomic E-state index is 0.0247. The van der Waals surface area contributed by atoms with E-state index in [1.54, 1.807) is 48.5 Å². The quantitative estimate of drug-likeness (QED) is 0.122. The molecule has 0 fully saturated rings. The molecule has 10 heterocycles. The molecule has 0 amide bonds. The zero-order chi connectivity index (χ0) is 111. The van der Waals surface area contributed by atoms with E-state index >= 15 is 0 Å². The number of benzene rings is 19. The van der Waals surface area contributed by atoms with Gasteiger partial charge < -0.3 is 32.0 Å². The smallest absolute Gasteiger partial charge is 0.0645 e. The number of aromatic nitrogens is 10. The monoisotopic (exact) mass is 1900 g/mol. The van der Waals surface area contributed by atoms with Crippen LogP contribution in [0.2, 0.25) is 0 Å². The molecule has 0 unspecified atom stereocenters. The van der Waals surface area contributed by atoms with Crippen LogP contribution in [0.1, 0.15) is 73.2 Å². The summed E-state index contributed by atoms with van der Waals surface area (Å²) in [5, 5.41) is 12.5. The minimum Gasteiger partial charge on any atom is -0.309 e. The van der Waals surface area contributed by atoms with Crippen molar-refractivity contribution in [2.24, 2.45) is 0 Å². The van der Waals surface area contributed by atoms with E-state index in [1.807, 2.05) is 58.0 Å². The van der Waals surface area contributed by atoms with Gasteiger partial charge >= 0.3 is 0 Å². The van der Waals surface area contributed by atoms with Gasteiger partial charge in [-0.1, -0.05) is 284 Å². The van der Waals surface area contributed by atoms with E-state index < -0.39 is 65.8 Å². The Labute approximate surface area is 871 Å². The highest BCUT2D eigenvalue weighted by Gasteiger charge is 2.27. The topological polar surface area (TPSA) is 73.2 Å². The average Bonchev–Trinajstić information content (AvgIpc) is 1.54. The van der Waals surface area contributed by atoms with Gasteiger partial charge in [-0.05, 0) is 296 Å². The third-order valence-corrected chi connectivity index (χ3v) is 28.9. The summed E-state index contributed by atoms with van der Waals surface area (Å²) < 4.78 is 146. The normalized spacial score (nSPS) is 13.4. The van der Waals surface area contributed by atoms with Crippen LogP contribution >= 0.6 is 0 Å². The van der Waals surface area contributed by atoms with Crippen molar-refractivity contribution in [3.63, 3.8) is 0 Å². The van der Waals surface area contributed by atoms with Gasteiger partial charge in [0.25, 0.3) is 0 Å². The zero-order valence-corrected chi connectivity index (χ0v) is 81.2. The van der Waals surface area contributed by atoms with Crippen LogP contribution in [0.15, 0.2) is 498 Å². The lowest BCUT2D eigenvalue weighted by atomic mass is 9.86. The van der Waals surface area contributed by atoms with Gasteiger partial charge in [-0.25, -0.2) is 0 Å². The highest BCUT2D eigenvalue weighted by Crippen LogP contribution is 2.47. The van der Waals surface area contributed by atoms with Crippen LogP contribution in [0.4, 0.5) is 0 Å². The highest BCUT2D eigenvalue weighted by atomic mass is 15.1. The number of para-hydroxylation sites is 9. The van der Waals surface area contributed by atoms with E-state index in [-0.39, 0.29) is 84.8 Å². The third kappa shape index (κ3) is 15.0. The molecule has 698 valence electrons. The SMILES string of the molecule is CC(C)(C)c1ccc2c(c1)c1ccccc1n2-c1cccc(-c2cccc(-n3c4ccccc4c4ccccc43)c2)c1.[2H]c1c([2H])c([2H])c2c(c1[2H])c1c([2H])c([2H])c([2H])c([2H])c1n2-c1cccc(-c2cccc(-n3c4c([2H])c([2H])c([2H])c([2H])c4c4c([2H])c(C(C)(C)C)c([2H])c([2H])c43)c2)c1.c1ccc2c(c1)c1cc(-c3ccncc3)ccc1n2-c1cc(-n2c3ccccc3c3cc(-c4ccncc4)ccc32)cc(-n2c3ccccc3c3cc(-c4ccncc4)ccc32)c1. The Morgan fingerprint density at radius 1 is 0.163 bits per heavy atom. The largest absolute Gasteiger partial charge is 0.309 e. The first kappa shape index (κ1) is 72.5. The average molecular weight is 1900 g/mol. The Balaban J connectivity index is 0.000000119. The lowest BCUT2D eigenvalue weighted by Gasteiger charge is -2.19. The van der Waals surface area contributed by atoms with E-state index in [0.29, 0.717) is 22.5 Å². The molecule has 0 atom stereocenters. The number of rotatable bonds is 12. The summed E-state index contributed by atoms with van der Waals surface area (Å²) in [6.45, 7) is 12.3. The summed E-state index contributed by atoms with van der Waals surface area (Å²) in [4.78, 5) is 12.9. The van der Waals surface area contributed by atoms with Crippen molar-refractivity contribution < 1.29 is 20.6 Å². The fraction of sp³-hybridized carbons (Fsp3) is 0.0584. The van der Waals surface area contributed by atoms with Gasteiger partial charge in [0.2, 0.25) is 0 Å². The molecule has 0 N–H and O–H groups in total. The predicted octanol–water partition coefficient (Wildman–Crippen LogP) is 35.9. The van der Waals surface area contributed by atoms with Gasteiger partial charge in [0, 0.05) is 135 Å². The van der Waals surface area contributed by atoms with E-state index in [9.17, 15) is 2.74 Å². The summed E-state index contributed by atoms with van der Waals surface area (Å²) in [5.41, 5.74) is 29.6.